The number of nitrogens with zero attached hydrogens (tertiary/aromatic N) is 2. The summed E-state index contributed by atoms with van der Waals surface area (Å²) in [5, 5.41) is 15.1. The van der Waals surface area contributed by atoms with E-state index in [2.05, 4.69) is 54.5 Å². The fraction of sp³-hybridized carbons (Fsp3) is 0.182. The van der Waals surface area contributed by atoms with Crippen LogP contribution >= 0.6 is 11.3 Å². The molecule has 0 amide bonds. The highest BCUT2D eigenvalue weighted by molar-refractivity contribution is 7.11. The van der Waals surface area contributed by atoms with E-state index in [1.807, 2.05) is 5.38 Å². The van der Waals surface area contributed by atoms with Crippen LogP contribution in [-0.4, -0.2) is 4.98 Å². The number of halogens is 1. The summed E-state index contributed by atoms with van der Waals surface area (Å²) in [6, 6.07) is 16.5. The van der Waals surface area contributed by atoms with Crippen LogP contribution < -0.4 is 5.32 Å². The predicted molar refractivity (Wildman–Crippen MR) is 110 cm³/mol. The molecule has 2 aromatic carbocycles. The van der Waals surface area contributed by atoms with Crippen LogP contribution in [0.2, 0.25) is 0 Å². The highest BCUT2D eigenvalue weighted by atomic mass is 32.1. The van der Waals surface area contributed by atoms with Crippen molar-refractivity contribution in [3.63, 3.8) is 0 Å². The van der Waals surface area contributed by atoms with Gasteiger partial charge in [-0.15, -0.1) is 11.3 Å². The summed E-state index contributed by atoms with van der Waals surface area (Å²) in [5.41, 5.74) is 4.35. The predicted octanol–water partition coefficient (Wildman–Crippen LogP) is 6.12. The van der Waals surface area contributed by atoms with Crippen LogP contribution in [0.1, 0.15) is 24.4 Å². The Morgan fingerprint density at radius 2 is 1.89 bits per heavy atom. The van der Waals surface area contributed by atoms with E-state index in [1.165, 1.54) is 29.0 Å². The van der Waals surface area contributed by atoms with E-state index in [9.17, 15) is 9.65 Å². The number of rotatable bonds is 6. The molecular weight excluding hydrogens is 357 g/mol. The standard InChI is InChI=1S/C22H20FN3S/c1-15(2)11-16-3-5-17(6-4-16)21-14-27-22(26-21)18(12-24)13-25-20-9-7-19(23)8-10-20/h3-10,13-15,25H,11H2,1-2H3/b18-13+. The molecule has 0 bridgehead atoms. The van der Waals surface area contributed by atoms with Gasteiger partial charge in [-0.05, 0) is 42.2 Å². The minimum atomic E-state index is -0.297. The van der Waals surface area contributed by atoms with Gasteiger partial charge >= 0.3 is 0 Å². The van der Waals surface area contributed by atoms with Crippen molar-refractivity contribution < 1.29 is 4.39 Å². The van der Waals surface area contributed by atoms with Crippen LogP contribution in [0.15, 0.2) is 60.1 Å². The Morgan fingerprint density at radius 3 is 2.52 bits per heavy atom. The Morgan fingerprint density at radius 1 is 1.19 bits per heavy atom. The smallest absolute Gasteiger partial charge is 0.136 e. The largest absolute Gasteiger partial charge is 0.360 e. The summed E-state index contributed by atoms with van der Waals surface area (Å²) < 4.78 is 13.0. The number of hydrogen-bond acceptors (Lipinski definition) is 4. The van der Waals surface area contributed by atoms with Crippen molar-refractivity contribution in [3.8, 4) is 17.3 Å². The monoisotopic (exact) mass is 377 g/mol. The number of benzene rings is 2. The first-order valence-corrected chi connectivity index (χ1v) is 9.60. The molecule has 0 spiro atoms. The molecule has 1 N–H and O–H groups in total. The van der Waals surface area contributed by atoms with Crippen LogP contribution in [0.3, 0.4) is 0 Å². The molecule has 0 aliphatic rings. The lowest BCUT2D eigenvalue weighted by Crippen LogP contribution is -1.93. The second kappa shape index (κ2) is 8.61. The van der Waals surface area contributed by atoms with Gasteiger partial charge in [0, 0.05) is 22.8 Å². The summed E-state index contributed by atoms with van der Waals surface area (Å²) in [4.78, 5) is 4.60. The zero-order chi connectivity index (χ0) is 19.2. The molecule has 0 unspecified atom stereocenters. The third kappa shape index (κ3) is 5.02. The molecule has 3 aromatic rings. The van der Waals surface area contributed by atoms with Gasteiger partial charge in [0.25, 0.3) is 0 Å². The molecular formula is C22H20FN3S. The molecule has 3 rings (SSSR count). The molecule has 0 aliphatic carbocycles. The van der Waals surface area contributed by atoms with Crippen molar-refractivity contribution in [2.45, 2.75) is 20.3 Å². The lowest BCUT2D eigenvalue weighted by Gasteiger charge is -2.05. The second-order valence-corrected chi connectivity index (χ2v) is 7.51. The van der Waals surface area contributed by atoms with Gasteiger partial charge in [-0.3, -0.25) is 0 Å². The normalized spacial score (nSPS) is 11.4. The lowest BCUT2D eigenvalue weighted by molar-refractivity contribution is 0.628. The zero-order valence-electron chi connectivity index (χ0n) is 15.2. The zero-order valence-corrected chi connectivity index (χ0v) is 16.1. The van der Waals surface area contributed by atoms with E-state index in [4.69, 9.17) is 0 Å². The molecule has 0 radical (unpaired) electrons. The first-order valence-electron chi connectivity index (χ1n) is 8.72. The van der Waals surface area contributed by atoms with E-state index in [0.717, 1.165) is 17.7 Å². The Labute approximate surface area is 162 Å². The van der Waals surface area contributed by atoms with Gasteiger partial charge < -0.3 is 5.32 Å². The number of anilines is 1. The molecule has 3 nitrogen and oxygen atoms in total. The number of allylic oxidation sites excluding steroid dienone is 1. The average Bonchev–Trinajstić information content (AvgIpc) is 3.14. The number of hydrogen-bond donors (Lipinski definition) is 1. The minimum absolute atomic E-state index is 0.297. The Kier molecular flexibility index (Phi) is 6.00. The fourth-order valence-corrected chi connectivity index (χ4v) is 3.45. The van der Waals surface area contributed by atoms with Crippen LogP contribution in [0, 0.1) is 23.1 Å². The molecule has 0 saturated heterocycles. The Bertz CT molecular complexity index is 964. The highest BCUT2D eigenvalue weighted by Crippen LogP contribution is 2.26. The molecule has 1 aromatic heterocycles. The molecule has 0 atom stereocenters. The Balaban J connectivity index is 1.75. The first-order chi connectivity index (χ1) is 13.0. The molecule has 27 heavy (non-hydrogen) atoms. The first kappa shape index (κ1) is 18.8. The third-order valence-electron chi connectivity index (χ3n) is 3.98. The second-order valence-electron chi connectivity index (χ2n) is 6.65. The molecule has 0 fully saturated rings. The molecule has 0 aliphatic heterocycles. The summed E-state index contributed by atoms with van der Waals surface area (Å²) >= 11 is 1.43. The van der Waals surface area contributed by atoms with Gasteiger partial charge in [0.2, 0.25) is 0 Å². The average molecular weight is 377 g/mol. The van der Waals surface area contributed by atoms with Gasteiger partial charge in [-0.25, -0.2) is 9.37 Å². The maximum atomic E-state index is 13.0. The fourth-order valence-electron chi connectivity index (χ4n) is 2.66. The van der Waals surface area contributed by atoms with E-state index < -0.39 is 0 Å². The summed E-state index contributed by atoms with van der Waals surface area (Å²) in [5.74, 6) is 0.327. The molecule has 136 valence electrons. The summed E-state index contributed by atoms with van der Waals surface area (Å²) in [6.07, 6.45) is 2.65. The van der Waals surface area contributed by atoms with Crippen LogP contribution in [-0.2, 0) is 6.42 Å². The van der Waals surface area contributed by atoms with E-state index in [0.29, 0.717) is 22.2 Å². The van der Waals surface area contributed by atoms with E-state index in [1.54, 1.807) is 18.3 Å². The van der Waals surface area contributed by atoms with Crippen molar-refractivity contribution >= 4 is 22.6 Å². The number of aromatic nitrogens is 1. The van der Waals surface area contributed by atoms with Crippen molar-refractivity contribution in [3.05, 3.63) is 76.5 Å². The van der Waals surface area contributed by atoms with Gasteiger partial charge in [0.1, 0.15) is 22.5 Å². The topological polar surface area (TPSA) is 48.7 Å². The number of thiazole rings is 1. The van der Waals surface area contributed by atoms with Gasteiger partial charge in [-0.1, -0.05) is 38.1 Å². The highest BCUT2D eigenvalue weighted by Gasteiger charge is 2.09. The van der Waals surface area contributed by atoms with E-state index >= 15 is 0 Å². The van der Waals surface area contributed by atoms with Crippen LogP contribution in [0.25, 0.3) is 16.8 Å². The van der Waals surface area contributed by atoms with Gasteiger partial charge in [0.15, 0.2) is 0 Å². The lowest BCUT2D eigenvalue weighted by atomic mass is 10.0. The molecule has 1 heterocycles. The summed E-state index contributed by atoms with van der Waals surface area (Å²) in [6.45, 7) is 4.41. The van der Waals surface area contributed by atoms with Gasteiger partial charge in [0.05, 0.1) is 5.69 Å². The van der Waals surface area contributed by atoms with Crippen LogP contribution in [0.4, 0.5) is 10.1 Å². The number of nitrogens with one attached hydrogen (secondary N) is 1. The summed E-state index contributed by atoms with van der Waals surface area (Å²) in [7, 11) is 0. The third-order valence-corrected chi connectivity index (χ3v) is 4.85. The minimum Gasteiger partial charge on any atom is -0.360 e. The Hall–Kier alpha value is -2.97. The maximum absolute atomic E-state index is 13.0. The van der Waals surface area contributed by atoms with Crippen molar-refractivity contribution in [2.75, 3.05) is 5.32 Å². The van der Waals surface area contributed by atoms with Crippen molar-refractivity contribution in [1.29, 1.82) is 5.26 Å². The van der Waals surface area contributed by atoms with Gasteiger partial charge in [-0.2, -0.15) is 5.26 Å². The number of nitriles is 1. The quantitative estimate of drug-likeness (QED) is 0.526. The van der Waals surface area contributed by atoms with Crippen molar-refractivity contribution in [1.82, 2.24) is 4.98 Å². The van der Waals surface area contributed by atoms with Crippen molar-refractivity contribution in [2.24, 2.45) is 5.92 Å². The van der Waals surface area contributed by atoms with E-state index in [-0.39, 0.29) is 5.82 Å². The SMILES string of the molecule is CC(C)Cc1ccc(-c2csc(/C(C#N)=C/Nc3ccc(F)cc3)n2)cc1. The maximum Gasteiger partial charge on any atom is 0.136 e. The molecule has 5 heteroatoms. The molecule has 0 saturated carbocycles. The van der Waals surface area contributed by atoms with Crippen LogP contribution in [0.5, 0.6) is 0 Å².